The first-order valence-corrected chi connectivity index (χ1v) is 11.6. The summed E-state index contributed by atoms with van der Waals surface area (Å²) >= 11 is 0. The van der Waals surface area contributed by atoms with Gasteiger partial charge in [-0.2, -0.15) is 4.31 Å². The summed E-state index contributed by atoms with van der Waals surface area (Å²) in [5.41, 5.74) is 2.31. The number of hydrogen-bond donors (Lipinski definition) is 0. The van der Waals surface area contributed by atoms with Gasteiger partial charge in [-0.05, 0) is 49.1 Å². The van der Waals surface area contributed by atoms with Gasteiger partial charge in [-0.25, -0.2) is 13.2 Å². The molecule has 1 aliphatic rings. The zero-order valence-corrected chi connectivity index (χ0v) is 18.7. The van der Waals surface area contributed by atoms with Crippen molar-refractivity contribution in [1.29, 1.82) is 0 Å². The Balaban J connectivity index is 1.70. The van der Waals surface area contributed by atoms with E-state index in [9.17, 15) is 13.2 Å². The molecular formula is C23H29NO5S. The molecule has 0 aliphatic carbocycles. The number of nitrogens with zero attached hydrogens (tertiary/aromatic N) is 1. The number of carbonyl (C=O) groups is 1. The molecule has 6 nitrogen and oxygen atoms in total. The molecule has 0 N–H and O–H groups in total. The molecule has 1 aliphatic heterocycles. The van der Waals surface area contributed by atoms with Gasteiger partial charge in [0.25, 0.3) is 0 Å². The predicted octanol–water partition coefficient (Wildman–Crippen LogP) is 3.96. The largest absolute Gasteiger partial charge is 0.457 e. The number of ether oxygens (including phenoxy) is 2. The van der Waals surface area contributed by atoms with Crippen LogP contribution in [0.3, 0.4) is 0 Å². The highest BCUT2D eigenvalue weighted by atomic mass is 32.2. The molecule has 0 saturated carbocycles. The van der Waals surface area contributed by atoms with Gasteiger partial charge < -0.3 is 9.47 Å². The van der Waals surface area contributed by atoms with E-state index in [2.05, 4.69) is 13.8 Å². The fourth-order valence-corrected chi connectivity index (χ4v) is 5.13. The molecule has 0 spiro atoms. The van der Waals surface area contributed by atoms with E-state index in [4.69, 9.17) is 9.47 Å². The van der Waals surface area contributed by atoms with Crippen molar-refractivity contribution in [3.63, 3.8) is 0 Å². The molecular weight excluding hydrogens is 402 g/mol. The fourth-order valence-electron chi connectivity index (χ4n) is 3.49. The Hall–Kier alpha value is -2.22. The number of sulfonamides is 1. The lowest BCUT2D eigenvalue weighted by Gasteiger charge is -2.34. The molecule has 0 amide bonds. The van der Waals surface area contributed by atoms with E-state index < -0.39 is 16.0 Å². The average Bonchev–Trinajstić information content (AvgIpc) is 2.71. The SMILES string of the molecule is CC1CN(S(=O)(=O)c2cccc(C(=O)OCc3ccc(C(C)C)cc3)c2)CC(C)O1. The van der Waals surface area contributed by atoms with Gasteiger partial charge in [-0.3, -0.25) is 0 Å². The summed E-state index contributed by atoms with van der Waals surface area (Å²) in [6.45, 7) is 8.63. The summed E-state index contributed by atoms with van der Waals surface area (Å²) in [5, 5.41) is 0. The summed E-state index contributed by atoms with van der Waals surface area (Å²) in [5.74, 6) is -0.118. The zero-order valence-electron chi connectivity index (χ0n) is 17.9. The molecule has 7 heteroatoms. The minimum absolute atomic E-state index is 0.0829. The zero-order chi connectivity index (χ0) is 21.9. The van der Waals surface area contributed by atoms with Crippen LogP contribution in [0.5, 0.6) is 0 Å². The molecule has 30 heavy (non-hydrogen) atoms. The molecule has 2 unspecified atom stereocenters. The van der Waals surface area contributed by atoms with Crippen LogP contribution in [0.4, 0.5) is 0 Å². The molecule has 0 radical (unpaired) electrons. The highest BCUT2D eigenvalue weighted by Gasteiger charge is 2.32. The lowest BCUT2D eigenvalue weighted by Crippen LogP contribution is -2.48. The maximum absolute atomic E-state index is 13.0. The Kier molecular flexibility index (Phi) is 6.95. The normalized spacial score (nSPS) is 20.3. The number of morpholine rings is 1. The van der Waals surface area contributed by atoms with Crippen LogP contribution in [-0.4, -0.2) is 44.0 Å². The monoisotopic (exact) mass is 431 g/mol. The number of esters is 1. The Labute approximate surface area is 178 Å². The van der Waals surface area contributed by atoms with Crippen molar-refractivity contribution >= 4 is 16.0 Å². The third-order valence-electron chi connectivity index (χ3n) is 5.11. The minimum atomic E-state index is -3.72. The minimum Gasteiger partial charge on any atom is -0.457 e. The van der Waals surface area contributed by atoms with Gasteiger partial charge in [-0.15, -0.1) is 0 Å². The Morgan fingerprint density at radius 3 is 2.33 bits per heavy atom. The molecule has 1 saturated heterocycles. The van der Waals surface area contributed by atoms with Crippen LogP contribution in [0, 0.1) is 0 Å². The van der Waals surface area contributed by atoms with Gasteiger partial charge in [0.05, 0.1) is 22.7 Å². The molecule has 2 atom stereocenters. The summed E-state index contributed by atoms with van der Waals surface area (Å²) in [6.07, 6.45) is -0.363. The van der Waals surface area contributed by atoms with Crippen LogP contribution < -0.4 is 0 Å². The smallest absolute Gasteiger partial charge is 0.338 e. The van der Waals surface area contributed by atoms with Crippen molar-refractivity contribution < 1.29 is 22.7 Å². The molecule has 3 rings (SSSR count). The number of hydrogen-bond acceptors (Lipinski definition) is 5. The second-order valence-electron chi connectivity index (χ2n) is 8.08. The van der Waals surface area contributed by atoms with E-state index in [0.717, 1.165) is 5.56 Å². The van der Waals surface area contributed by atoms with Gasteiger partial charge in [-0.1, -0.05) is 44.2 Å². The molecule has 2 aromatic rings. The molecule has 0 aromatic heterocycles. The second kappa shape index (κ2) is 9.29. The van der Waals surface area contributed by atoms with Crippen LogP contribution in [0.2, 0.25) is 0 Å². The summed E-state index contributed by atoms with van der Waals surface area (Å²) in [6, 6.07) is 13.9. The van der Waals surface area contributed by atoms with Gasteiger partial charge in [0.15, 0.2) is 0 Å². The maximum Gasteiger partial charge on any atom is 0.338 e. The van der Waals surface area contributed by atoms with Crippen LogP contribution in [0.25, 0.3) is 0 Å². The van der Waals surface area contributed by atoms with Crippen molar-refractivity contribution in [2.75, 3.05) is 13.1 Å². The summed E-state index contributed by atoms with van der Waals surface area (Å²) in [4.78, 5) is 12.6. The standard InChI is InChI=1S/C23H29NO5S/c1-16(2)20-10-8-19(9-11-20)15-28-23(25)21-6-5-7-22(12-21)30(26,27)24-13-17(3)29-18(4)14-24/h5-12,16-18H,13-15H2,1-4H3. The summed E-state index contributed by atoms with van der Waals surface area (Å²) in [7, 11) is -3.72. The first-order valence-electron chi connectivity index (χ1n) is 10.2. The Bertz CT molecular complexity index is 975. The molecule has 1 heterocycles. The highest BCUT2D eigenvalue weighted by Crippen LogP contribution is 2.22. The maximum atomic E-state index is 13.0. The van der Waals surface area contributed by atoms with Crippen molar-refractivity contribution in [2.24, 2.45) is 0 Å². The first kappa shape index (κ1) is 22.5. The van der Waals surface area contributed by atoms with Gasteiger partial charge in [0, 0.05) is 13.1 Å². The number of rotatable bonds is 6. The van der Waals surface area contributed by atoms with Crippen molar-refractivity contribution in [2.45, 2.75) is 57.3 Å². The third kappa shape index (κ3) is 5.28. The lowest BCUT2D eigenvalue weighted by molar-refractivity contribution is -0.0440. The van der Waals surface area contributed by atoms with Gasteiger partial charge in [0.1, 0.15) is 6.61 Å². The quantitative estimate of drug-likeness (QED) is 0.647. The van der Waals surface area contributed by atoms with Crippen LogP contribution >= 0.6 is 0 Å². The third-order valence-corrected chi connectivity index (χ3v) is 6.94. The molecule has 1 fully saturated rings. The first-order chi connectivity index (χ1) is 14.2. The molecule has 0 bridgehead atoms. The van der Waals surface area contributed by atoms with Crippen LogP contribution in [0.15, 0.2) is 53.4 Å². The van der Waals surface area contributed by atoms with E-state index in [1.54, 1.807) is 12.1 Å². The number of benzene rings is 2. The van der Waals surface area contributed by atoms with Crippen molar-refractivity contribution in [1.82, 2.24) is 4.31 Å². The molecule has 162 valence electrons. The van der Waals surface area contributed by atoms with E-state index in [1.807, 2.05) is 38.1 Å². The van der Waals surface area contributed by atoms with E-state index in [1.165, 1.54) is 22.0 Å². The van der Waals surface area contributed by atoms with Crippen molar-refractivity contribution in [3.8, 4) is 0 Å². The Morgan fingerprint density at radius 1 is 1.10 bits per heavy atom. The van der Waals surface area contributed by atoms with Crippen molar-refractivity contribution in [3.05, 3.63) is 65.2 Å². The molecule has 2 aromatic carbocycles. The lowest BCUT2D eigenvalue weighted by atomic mass is 10.0. The van der Waals surface area contributed by atoms with E-state index in [-0.39, 0.29) is 42.4 Å². The van der Waals surface area contributed by atoms with E-state index in [0.29, 0.717) is 5.92 Å². The van der Waals surface area contributed by atoms with Gasteiger partial charge >= 0.3 is 5.97 Å². The highest BCUT2D eigenvalue weighted by molar-refractivity contribution is 7.89. The van der Waals surface area contributed by atoms with Gasteiger partial charge in [0.2, 0.25) is 10.0 Å². The second-order valence-corrected chi connectivity index (χ2v) is 10.0. The topological polar surface area (TPSA) is 72.9 Å². The number of carbonyl (C=O) groups excluding carboxylic acids is 1. The average molecular weight is 432 g/mol. The Morgan fingerprint density at radius 2 is 1.73 bits per heavy atom. The van der Waals surface area contributed by atoms with Crippen LogP contribution in [0.1, 0.15) is 55.1 Å². The van der Waals surface area contributed by atoms with Crippen LogP contribution in [-0.2, 0) is 26.1 Å². The summed E-state index contributed by atoms with van der Waals surface area (Å²) < 4.78 is 38.5. The predicted molar refractivity (Wildman–Crippen MR) is 115 cm³/mol. The van der Waals surface area contributed by atoms with E-state index >= 15 is 0 Å². The fraction of sp³-hybridized carbons (Fsp3) is 0.435.